The summed E-state index contributed by atoms with van der Waals surface area (Å²) in [6.07, 6.45) is 5.26. The van der Waals surface area contributed by atoms with Crippen molar-refractivity contribution in [2.75, 3.05) is 0 Å². The van der Waals surface area contributed by atoms with Gasteiger partial charge in [0, 0.05) is 60.6 Å². The Morgan fingerprint density at radius 2 is 1.30 bits per heavy atom. The first-order valence-electron chi connectivity index (χ1n) is 31.5. The molecule has 82 heavy (non-hydrogen) atoms. The van der Waals surface area contributed by atoms with Gasteiger partial charge in [-0.3, -0.25) is 4.57 Å². The van der Waals surface area contributed by atoms with Gasteiger partial charge in [-0.2, -0.15) is 18.2 Å². The van der Waals surface area contributed by atoms with Gasteiger partial charge in [-0.1, -0.05) is 178 Å². The van der Waals surface area contributed by atoms with E-state index in [1.165, 1.54) is 0 Å². The van der Waals surface area contributed by atoms with Crippen molar-refractivity contribution in [1.82, 2.24) is 14.1 Å². The van der Waals surface area contributed by atoms with Gasteiger partial charge in [0.1, 0.15) is 28.6 Å². The molecule has 6 heterocycles. The van der Waals surface area contributed by atoms with E-state index in [1.54, 1.807) is 39.5 Å². The van der Waals surface area contributed by atoms with Crippen LogP contribution in [0.1, 0.15) is 40.0 Å². The minimum absolute atomic E-state index is 0. The molecule has 16 rings (SSSR count). The summed E-state index contributed by atoms with van der Waals surface area (Å²) in [5.74, 6) is 3.99. The maximum Gasteiger partial charge on any atom is 0.285 e. The van der Waals surface area contributed by atoms with Crippen molar-refractivity contribution in [2.45, 2.75) is 26.2 Å². The maximum absolute atomic E-state index is 9.11. The molecule has 10 aromatic carbocycles. The van der Waals surface area contributed by atoms with E-state index in [-0.39, 0.29) is 61.1 Å². The molecule has 8 nitrogen and oxygen atoms in total. The summed E-state index contributed by atoms with van der Waals surface area (Å²) in [7, 11) is 0. The number of hydrogen-bond donors (Lipinski definition) is 0. The average Bonchev–Trinajstić information content (AvgIpc) is 1.78. The van der Waals surface area contributed by atoms with Crippen LogP contribution in [0.3, 0.4) is 0 Å². The predicted molar refractivity (Wildman–Crippen MR) is 322 cm³/mol. The molecule has 0 radical (unpaired) electrons. The van der Waals surface area contributed by atoms with E-state index < -0.39 is 60.4 Å². The summed E-state index contributed by atoms with van der Waals surface area (Å²) in [4.78, 5) is 4.97. The van der Waals surface area contributed by atoms with E-state index in [1.807, 2.05) is 91.1 Å². The Morgan fingerprint density at radius 1 is 0.585 bits per heavy atom. The van der Waals surface area contributed by atoms with Crippen LogP contribution in [0.5, 0.6) is 34.7 Å². The molecule has 0 unspecified atom stereocenters. The van der Waals surface area contributed by atoms with Crippen molar-refractivity contribution in [2.24, 2.45) is 0 Å². The average molecular weight is 1250 g/mol. The molecule has 4 aromatic heterocycles. The third kappa shape index (κ3) is 8.01. The summed E-state index contributed by atoms with van der Waals surface area (Å²) in [6, 6.07) is 53.8. The Labute approximate surface area is 502 Å². The van der Waals surface area contributed by atoms with Crippen molar-refractivity contribution in [1.29, 1.82) is 0 Å². The fraction of sp³-hybridized carbons (Fsp3) is 0.0556. The summed E-state index contributed by atoms with van der Waals surface area (Å²) in [5.41, 5.74) is 9.68. The van der Waals surface area contributed by atoms with Crippen molar-refractivity contribution < 1.29 is 58.0 Å². The quantitative estimate of drug-likeness (QED) is 0.0861. The van der Waals surface area contributed by atoms with Gasteiger partial charge in [0.15, 0.2) is 0 Å². The summed E-state index contributed by atoms with van der Waals surface area (Å²) in [6.45, 7) is 6.33. The van der Waals surface area contributed by atoms with E-state index in [0.29, 0.717) is 57.0 Å². The first-order valence-corrected chi connectivity index (χ1v) is 26.5. The van der Waals surface area contributed by atoms with Crippen LogP contribution in [-0.2, 0) is 26.5 Å². The van der Waals surface area contributed by atoms with E-state index in [0.717, 1.165) is 66.1 Å². The van der Waals surface area contributed by atoms with Crippen molar-refractivity contribution in [3.8, 4) is 85.3 Å². The summed E-state index contributed by atoms with van der Waals surface area (Å²) in [5, 5.41) is 2.82. The van der Waals surface area contributed by atoms with Gasteiger partial charge in [-0.25, -0.2) is 4.98 Å². The van der Waals surface area contributed by atoms with Gasteiger partial charge in [0.25, 0.3) is 19.0 Å². The molecule has 0 spiro atoms. The molecular weight excluding hydrogens is 1190 g/mol. The number of benzene rings is 10. The van der Waals surface area contributed by atoms with Gasteiger partial charge in [0.05, 0.1) is 30.4 Å². The van der Waals surface area contributed by atoms with Crippen LogP contribution in [0.4, 0.5) is 0 Å². The number of furan rings is 1. The van der Waals surface area contributed by atoms with Gasteiger partial charge in [0.2, 0.25) is 0 Å². The molecule has 2 aliphatic heterocycles. The number of imidazole rings is 1. The number of rotatable bonds is 8. The van der Waals surface area contributed by atoms with Crippen LogP contribution in [0.25, 0.3) is 94.4 Å². The smallest absolute Gasteiger partial charge is 0.285 e. The summed E-state index contributed by atoms with van der Waals surface area (Å²) >= 11 is 0. The molecule has 0 N–H and O–H groups in total. The zero-order valence-corrected chi connectivity index (χ0v) is 46.3. The zero-order chi connectivity index (χ0) is 62.6. The standard InChI is InChI=1S/C72H47BN4O4.Pt/c1-72(2,3)49-36-37-74-67(41-49)77-59-35-32-47(48-39-65-69-66(40-48)81-71-68(56-24-10-14-30-63(56)80-71)73(69)58-27-11-15-31-64(58)79-65)38-57(59)55-34-33-52(43-62(55)77)78-51-23-16-22-50(42-51)75-44-76(61-29-13-12-28-60(61)75)70-53(45-18-6-4-7-19-45)25-17-26-54(70)46-20-8-5-9-21-46;/h4-41H,1-3H3;/q-2;/i4D,5D,6D,7D,8D,9D,18D,19D,20D,21D;. The fourth-order valence-electron chi connectivity index (χ4n) is 11.6. The number of nitrogens with zero attached hydrogens (tertiary/aromatic N) is 4. The predicted octanol–water partition coefficient (Wildman–Crippen LogP) is 15.4. The topological polar surface area (TPSA) is 67.5 Å². The number of aromatic nitrogens is 4. The molecule has 0 saturated heterocycles. The molecule has 10 heteroatoms. The van der Waals surface area contributed by atoms with Crippen LogP contribution < -0.4 is 35.2 Å². The van der Waals surface area contributed by atoms with Crippen LogP contribution in [0.15, 0.2) is 235 Å². The van der Waals surface area contributed by atoms with E-state index in [4.69, 9.17) is 37.3 Å². The Balaban J connectivity index is 0.00000702. The Hall–Kier alpha value is -9.69. The third-order valence-corrected chi connectivity index (χ3v) is 15.3. The number of pyridine rings is 1. The first kappa shape index (κ1) is 39.6. The Morgan fingerprint density at radius 3 is 2.11 bits per heavy atom. The van der Waals surface area contributed by atoms with E-state index in [9.17, 15) is 0 Å². The van der Waals surface area contributed by atoms with Crippen molar-refractivity contribution >= 4 is 66.9 Å². The molecule has 0 atom stereocenters. The first-order chi connectivity index (χ1) is 43.9. The molecule has 2 aliphatic rings. The SMILES string of the molecule is [2H]c1c([2H])c([2H])c(-c2cccc(-c3c([2H])c([2H])c([2H])c([2H])c3[2H])c2-[n+]2[c-]n(-c3[c-]c(Oc4[c-]c5c(cc4)c4cc(-c6cc7c8c(c6)Oc6oc9ccccc9c6B8c6ccccc6O7)ccc4n5-c4cc(C(C)(C)C)ccn4)ccc3)c3ccccc32)c([2H])c1[2H].[Pt]. The van der Waals surface area contributed by atoms with E-state index in [2.05, 4.69) is 92.3 Å². The minimum Gasteiger partial charge on any atom is -0.510 e. The molecule has 0 bridgehead atoms. The van der Waals surface area contributed by atoms with Gasteiger partial charge < -0.3 is 27.8 Å². The largest absolute Gasteiger partial charge is 0.510 e. The van der Waals surface area contributed by atoms with Gasteiger partial charge in [-0.15, -0.1) is 29.7 Å². The van der Waals surface area contributed by atoms with Crippen molar-refractivity contribution in [3.05, 3.63) is 254 Å². The van der Waals surface area contributed by atoms with Crippen LogP contribution >= 0.6 is 0 Å². The second-order valence-electron chi connectivity index (χ2n) is 21.1. The Kier molecular flexibility index (Phi) is 9.31. The van der Waals surface area contributed by atoms with Crippen LogP contribution in [-0.4, -0.2) is 20.8 Å². The molecular formula is C72H47BN4O4Pt-2. The minimum atomic E-state index is -0.584. The summed E-state index contributed by atoms with van der Waals surface area (Å²) < 4.78 is 120. The molecule has 0 fully saturated rings. The van der Waals surface area contributed by atoms with Crippen LogP contribution in [0, 0.1) is 18.5 Å². The number of hydrogen-bond acceptors (Lipinski definition) is 5. The van der Waals surface area contributed by atoms with Crippen LogP contribution in [0.2, 0.25) is 0 Å². The molecule has 14 aromatic rings. The zero-order valence-electron chi connectivity index (χ0n) is 54.0. The molecule has 0 aliphatic carbocycles. The molecule has 394 valence electrons. The number of fused-ring (bicyclic) bond motifs is 10. The second kappa shape index (κ2) is 19.3. The molecule has 0 saturated carbocycles. The van der Waals surface area contributed by atoms with Gasteiger partial charge >= 0.3 is 0 Å². The molecule has 0 amide bonds. The number of para-hydroxylation sites is 5. The second-order valence-corrected chi connectivity index (χ2v) is 21.1. The normalized spacial score (nSPS) is 14.1. The third-order valence-electron chi connectivity index (χ3n) is 15.3. The van der Waals surface area contributed by atoms with E-state index >= 15 is 0 Å². The van der Waals surface area contributed by atoms with Gasteiger partial charge in [-0.05, 0) is 103 Å². The Bertz CT molecular complexity index is 5360. The maximum atomic E-state index is 9.11. The van der Waals surface area contributed by atoms with Crippen molar-refractivity contribution in [3.63, 3.8) is 0 Å². The number of ether oxygens (including phenoxy) is 3. The fourth-order valence-corrected chi connectivity index (χ4v) is 11.6. The monoisotopic (exact) mass is 1250 g/mol.